The molecule has 5 nitrogen and oxygen atoms in total. The molecule has 42 heavy (non-hydrogen) atoms. The Morgan fingerprint density at radius 1 is 1.00 bits per heavy atom. The Balaban J connectivity index is 1.32. The van der Waals surface area contributed by atoms with Crippen LogP contribution in [0, 0.1) is 0 Å². The molecule has 0 heterocycles. The number of ether oxygens (including phenoxy) is 1. The molecule has 3 aromatic rings. The van der Waals surface area contributed by atoms with Crippen LogP contribution < -0.4 is 10.1 Å². The molecule has 1 amide bonds. The van der Waals surface area contributed by atoms with Crippen molar-refractivity contribution >= 4 is 23.0 Å². The van der Waals surface area contributed by atoms with Crippen LogP contribution >= 0.6 is 0 Å². The smallest absolute Gasteiger partial charge is 0.416 e. The summed E-state index contributed by atoms with van der Waals surface area (Å²) in [5.74, 6) is 0.309. The lowest BCUT2D eigenvalue weighted by Gasteiger charge is -2.34. The lowest BCUT2D eigenvalue weighted by atomic mass is 9.68. The topological polar surface area (TPSA) is 58.6 Å². The molecule has 8 heteroatoms. The Labute approximate surface area is 244 Å². The zero-order valence-corrected chi connectivity index (χ0v) is 24.3. The van der Waals surface area contributed by atoms with Crippen LogP contribution in [0.15, 0.2) is 66.2 Å². The number of Topliss-reactive ketones (excluding diaryl/α,β-unsaturated/α-hetero) is 1. The Bertz CT molecular complexity index is 1570. The van der Waals surface area contributed by atoms with Gasteiger partial charge < -0.3 is 15.0 Å². The Morgan fingerprint density at radius 2 is 1.74 bits per heavy atom. The van der Waals surface area contributed by atoms with Crippen molar-refractivity contribution in [1.29, 1.82) is 0 Å². The first-order valence-corrected chi connectivity index (χ1v) is 14.3. The van der Waals surface area contributed by atoms with Gasteiger partial charge in [-0.2, -0.15) is 13.2 Å². The predicted octanol–water partition coefficient (Wildman–Crippen LogP) is 7.09. The van der Waals surface area contributed by atoms with Crippen molar-refractivity contribution in [3.8, 4) is 5.75 Å². The molecule has 0 atom stereocenters. The second-order valence-electron chi connectivity index (χ2n) is 11.4. The number of rotatable bonds is 9. The van der Waals surface area contributed by atoms with Crippen LogP contribution in [-0.2, 0) is 29.2 Å². The summed E-state index contributed by atoms with van der Waals surface area (Å²) < 4.78 is 45.2. The van der Waals surface area contributed by atoms with Crippen molar-refractivity contribution in [3.63, 3.8) is 0 Å². The minimum Gasteiger partial charge on any atom is -0.492 e. The Kier molecular flexibility index (Phi) is 8.03. The highest BCUT2D eigenvalue weighted by Crippen LogP contribution is 2.50. The number of ketones is 1. The van der Waals surface area contributed by atoms with Crippen molar-refractivity contribution in [1.82, 2.24) is 4.90 Å². The van der Waals surface area contributed by atoms with E-state index in [2.05, 4.69) is 37.9 Å². The van der Waals surface area contributed by atoms with Crippen molar-refractivity contribution in [3.05, 3.63) is 99.6 Å². The number of anilines is 1. The molecule has 0 saturated heterocycles. The number of halogens is 3. The van der Waals surface area contributed by atoms with E-state index in [9.17, 15) is 22.8 Å². The van der Waals surface area contributed by atoms with E-state index in [4.69, 9.17) is 4.74 Å². The number of hydrogen-bond donors (Lipinski definition) is 1. The predicted molar refractivity (Wildman–Crippen MR) is 158 cm³/mol. The number of carbonyl (C=O) groups excluding carboxylic acids is 2. The molecule has 2 aliphatic rings. The number of benzene rings is 3. The van der Waals surface area contributed by atoms with Gasteiger partial charge in [0.1, 0.15) is 12.4 Å². The number of likely N-dealkylation sites (N-methyl/N-ethyl adjacent to an activating group) is 1. The van der Waals surface area contributed by atoms with Crippen molar-refractivity contribution < 1.29 is 27.5 Å². The van der Waals surface area contributed by atoms with Gasteiger partial charge in [0.25, 0.3) is 0 Å². The van der Waals surface area contributed by atoms with Crippen LogP contribution in [0.5, 0.6) is 5.75 Å². The summed E-state index contributed by atoms with van der Waals surface area (Å²) in [6.45, 7) is 11.8. The van der Waals surface area contributed by atoms with Crippen LogP contribution in [0.2, 0.25) is 0 Å². The van der Waals surface area contributed by atoms with E-state index in [0.717, 1.165) is 59.8 Å². The molecule has 0 aromatic heterocycles. The van der Waals surface area contributed by atoms with E-state index in [-0.39, 0.29) is 17.8 Å². The summed E-state index contributed by atoms with van der Waals surface area (Å²) in [5.41, 5.74) is 4.75. The van der Waals surface area contributed by atoms with Gasteiger partial charge in [-0.05, 0) is 83.7 Å². The van der Waals surface area contributed by atoms with Gasteiger partial charge in [-0.1, -0.05) is 52.0 Å². The minimum atomic E-state index is -4.47. The molecular formula is C34H35F3N2O3. The highest BCUT2D eigenvalue weighted by atomic mass is 19.4. The summed E-state index contributed by atoms with van der Waals surface area (Å²) in [4.78, 5) is 28.7. The van der Waals surface area contributed by atoms with Gasteiger partial charge in [-0.15, -0.1) is 0 Å². The van der Waals surface area contributed by atoms with Crippen LogP contribution in [-0.4, -0.2) is 42.8 Å². The molecule has 0 unspecified atom stereocenters. The van der Waals surface area contributed by atoms with Crippen molar-refractivity contribution in [2.75, 3.05) is 31.6 Å². The number of nitrogens with zero attached hydrogens (tertiary/aromatic N) is 1. The van der Waals surface area contributed by atoms with Crippen LogP contribution in [0.25, 0.3) is 5.57 Å². The number of nitrogens with one attached hydrogen (secondary N) is 1. The second kappa shape index (κ2) is 11.4. The molecule has 5 rings (SSSR count). The normalized spacial score (nSPS) is 15.4. The fourth-order valence-corrected chi connectivity index (χ4v) is 6.00. The summed E-state index contributed by atoms with van der Waals surface area (Å²) in [6, 6.07) is 15.9. The largest absolute Gasteiger partial charge is 0.492 e. The first-order chi connectivity index (χ1) is 19.9. The Morgan fingerprint density at radius 3 is 2.45 bits per heavy atom. The van der Waals surface area contributed by atoms with E-state index in [0.29, 0.717) is 29.9 Å². The third kappa shape index (κ3) is 5.73. The monoisotopic (exact) mass is 576 g/mol. The molecule has 1 N–H and O–H groups in total. The number of allylic oxidation sites excluding steroid dienone is 2. The first kappa shape index (κ1) is 29.6. The number of hydrogen-bond acceptors (Lipinski definition) is 4. The molecular weight excluding hydrogens is 541 g/mol. The van der Waals surface area contributed by atoms with Gasteiger partial charge in [-0.25, -0.2) is 0 Å². The summed E-state index contributed by atoms with van der Waals surface area (Å²) >= 11 is 0. The maximum Gasteiger partial charge on any atom is 0.416 e. The van der Waals surface area contributed by atoms with E-state index < -0.39 is 23.1 Å². The van der Waals surface area contributed by atoms with Gasteiger partial charge >= 0.3 is 6.18 Å². The van der Waals surface area contributed by atoms with Gasteiger partial charge in [0.05, 0.1) is 12.0 Å². The second-order valence-corrected chi connectivity index (χ2v) is 11.4. The number of alkyl halides is 3. The van der Waals surface area contributed by atoms with E-state index in [1.807, 2.05) is 30.3 Å². The molecule has 0 fully saturated rings. The first-order valence-electron chi connectivity index (χ1n) is 14.3. The summed E-state index contributed by atoms with van der Waals surface area (Å²) in [6.07, 6.45) is -4.09. The van der Waals surface area contributed by atoms with Gasteiger partial charge in [0.2, 0.25) is 5.91 Å². The van der Waals surface area contributed by atoms with Crippen LogP contribution in [0.3, 0.4) is 0 Å². The molecule has 0 radical (unpaired) electrons. The molecule has 0 saturated carbocycles. The molecule has 220 valence electrons. The quantitative estimate of drug-likeness (QED) is 0.296. The highest BCUT2D eigenvalue weighted by molar-refractivity contribution is 6.33. The minimum absolute atomic E-state index is 0.0194. The lowest BCUT2D eigenvalue weighted by Crippen LogP contribution is -2.30. The van der Waals surface area contributed by atoms with Crippen molar-refractivity contribution in [2.45, 2.75) is 52.1 Å². The van der Waals surface area contributed by atoms with Crippen LogP contribution in [0.4, 0.5) is 18.9 Å². The van der Waals surface area contributed by atoms with Gasteiger partial charge in [0, 0.05) is 28.8 Å². The molecule has 0 aliphatic heterocycles. The zero-order valence-electron chi connectivity index (χ0n) is 24.3. The standard InChI is InChI=1S/C34H35F3N2O3/c1-5-39(6-2)14-15-42-25-11-13-27-28(20-25)33(3,4)29-19-22-18-24(10-12-26(22)31(29)32(27)41)38-30(40)17-21-8-7-9-23(16-21)34(35,36)37/h7-13,16,18,20H,5-6,14-15,17,19H2,1-4H3,(H,38,40). The van der Waals surface area contributed by atoms with E-state index in [1.54, 1.807) is 6.07 Å². The van der Waals surface area contributed by atoms with Gasteiger partial charge in [0.15, 0.2) is 5.78 Å². The maximum atomic E-state index is 13.7. The third-order valence-corrected chi connectivity index (χ3v) is 8.41. The highest BCUT2D eigenvalue weighted by Gasteiger charge is 2.43. The number of fused-ring (bicyclic) bond motifs is 3. The van der Waals surface area contributed by atoms with Gasteiger partial charge in [-0.3, -0.25) is 9.59 Å². The molecule has 2 aliphatic carbocycles. The van der Waals surface area contributed by atoms with Crippen LogP contribution in [0.1, 0.15) is 65.9 Å². The third-order valence-electron chi connectivity index (χ3n) is 8.41. The average molecular weight is 577 g/mol. The fraction of sp³-hybridized carbons (Fsp3) is 0.353. The summed E-state index contributed by atoms with van der Waals surface area (Å²) in [7, 11) is 0. The number of carbonyl (C=O) groups is 2. The van der Waals surface area contributed by atoms with Crippen molar-refractivity contribution in [2.24, 2.45) is 0 Å². The molecule has 0 spiro atoms. The average Bonchev–Trinajstić information content (AvgIpc) is 3.34. The Hall–Kier alpha value is -3.91. The molecule has 0 bridgehead atoms. The maximum absolute atomic E-state index is 13.7. The zero-order chi connectivity index (χ0) is 30.2. The SMILES string of the molecule is CCN(CC)CCOc1ccc2c(c1)C(C)(C)C1=C(C2=O)c2ccc(NC(=O)Cc3cccc(C(F)(F)F)c3)cc2C1. The lowest BCUT2D eigenvalue weighted by molar-refractivity contribution is -0.137. The molecule has 3 aromatic carbocycles. The van der Waals surface area contributed by atoms with E-state index >= 15 is 0 Å². The summed E-state index contributed by atoms with van der Waals surface area (Å²) in [5, 5.41) is 2.81. The van der Waals surface area contributed by atoms with E-state index in [1.165, 1.54) is 12.1 Å². The fourth-order valence-electron chi connectivity index (χ4n) is 6.00. The number of amides is 1.